The lowest BCUT2D eigenvalue weighted by Crippen LogP contribution is -2.27. The molecule has 0 aliphatic heterocycles. The minimum atomic E-state index is -0.255. The highest BCUT2D eigenvalue weighted by atomic mass is 32.1. The van der Waals surface area contributed by atoms with E-state index in [1.807, 2.05) is 26.0 Å². The van der Waals surface area contributed by atoms with E-state index in [-0.39, 0.29) is 17.2 Å². The van der Waals surface area contributed by atoms with E-state index in [0.29, 0.717) is 22.0 Å². The third-order valence-electron chi connectivity index (χ3n) is 6.50. The van der Waals surface area contributed by atoms with Crippen molar-refractivity contribution in [2.24, 2.45) is 11.3 Å². The van der Waals surface area contributed by atoms with Crippen LogP contribution >= 0.6 is 11.3 Å². The maximum absolute atomic E-state index is 13.5. The van der Waals surface area contributed by atoms with Gasteiger partial charge in [-0.3, -0.25) is 14.6 Å². The summed E-state index contributed by atoms with van der Waals surface area (Å²) in [5.74, 6) is 0.116. The van der Waals surface area contributed by atoms with E-state index in [4.69, 9.17) is 0 Å². The van der Waals surface area contributed by atoms with Crippen LogP contribution in [0.3, 0.4) is 0 Å². The second-order valence-electron chi connectivity index (χ2n) is 9.98. The second kappa shape index (κ2) is 9.10. The van der Waals surface area contributed by atoms with Crippen LogP contribution in [-0.2, 0) is 12.8 Å². The highest BCUT2D eigenvalue weighted by Crippen LogP contribution is 2.44. The van der Waals surface area contributed by atoms with Crippen LogP contribution in [0.15, 0.2) is 42.7 Å². The topological polar surface area (TPSA) is 71.1 Å². The normalized spacial score (nSPS) is 15.6. The molecule has 33 heavy (non-hydrogen) atoms. The number of thiophene rings is 1. The number of anilines is 2. The van der Waals surface area contributed by atoms with Crippen LogP contribution in [0.1, 0.15) is 69.5 Å². The number of pyridine rings is 1. The fraction of sp³-hybridized carbons (Fsp3) is 0.370. The van der Waals surface area contributed by atoms with Gasteiger partial charge in [-0.1, -0.05) is 38.5 Å². The van der Waals surface area contributed by atoms with Gasteiger partial charge >= 0.3 is 0 Å². The zero-order chi connectivity index (χ0) is 23.8. The Labute approximate surface area is 199 Å². The molecule has 172 valence electrons. The molecule has 0 bridgehead atoms. The van der Waals surface area contributed by atoms with Gasteiger partial charge in [-0.25, -0.2) is 0 Å². The summed E-state index contributed by atoms with van der Waals surface area (Å²) in [6.45, 7) is 10.8. The van der Waals surface area contributed by atoms with Crippen molar-refractivity contribution in [3.63, 3.8) is 0 Å². The van der Waals surface area contributed by atoms with Crippen LogP contribution in [0, 0.1) is 25.2 Å². The van der Waals surface area contributed by atoms with Crippen LogP contribution in [0.2, 0.25) is 0 Å². The molecule has 2 aromatic heterocycles. The molecule has 6 heteroatoms. The maximum Gasteiger partial charge on any atom is 0.258 e. The number of aromatic nitrogens is 1. The quantitative estimate of drug-likeness (QED) is 0.471. The molecule has 5 nitrogen and oxygen atoms in total. The van der Waals surface area contributed by atoms with Crippen molar-refractivity contribution in [3.8, 4) is 0 Å². The zero-order valence-corrected chi connectivity index (χ0v) is 20.7. The molecule has 3 aromatic rings. The molecule has 1 aliphatic rings. The Balaban J connectivity index is 1.70. The molecule has 4 rings (SSSR count). The predicted molar refractivity (Wildman–Crippen MR) is 135 cm³/mol. The van der Waals surface area contributed by atoms with E-state index in [9.17, 15) is 9.59 Å². The van der Waals surface area contributed by atoms with Crippen molar-refractivity contribution in [1.29, 1.82) is 0 Å². The van der Waals surface area contributed by atoms with Crippen molar-refractivity contribution in [1.82, 2.24) is 4.98 Å². The first-order valence-electron chi connectivity index (χ1n) is 11.4. The van der Waals surface area contributed by atoms with Gasteiger partial charge in [-0.15, -0.1) is 11.3 Å². The van der Waals surface area contributed by atoms with E-state index in [0.717, 1.165) is 41.6 Å². The second-order valence-corrected chi connectivity index (χ2v) is 11.1. The summed E-state index contributed by atoms with van der Waals surface area (Å²) < 4.78 is 0. The Bertz CT molecular complexity index is 1190. The highest BCUT2D eigenvalue weighted by Gasteiger charge is 2.34. The number of fused-ring (bicyclic) bond motifs is 1. The summed E-state index contributed by atoms with van der Waals surface area (Å²) in [6.07, 6.45) is 5.97. The first kappa shape index (κ1) is 23.2. The standard InChI is InChI=1S/C27H31N3O2S/c1-16-8-11-21(17(2)13-16)29-25(32)23-20-10-9-19(27(3,4)5)14-22(20)33-26(23)30-24(31)18-7-6-12-28-15-18/h6-8,11-13,15,19H,9-10,14H2,1-5H3,(H,29,32)(H,30,31)/t19-/m1/s1. The summed E-state index contributed by atoms with van der Waals surface area (Å²) >= 11 is 1.54. The molecule has 0 saturated carbocycles. The first-order chi connectivity index (χ1) is 15.6. The van der Waals surface area contributed by atoms with Crippen molar-refractivity contribution in [2.45, 2.75) is 53.9 Å². The van der Waals surface area contributed by atoms with Crippen molar-refractivity contribution < 1.29 is 9.59 Å². The van der Waals surface area contributed by atoms with Gasteiger partial charge in [0.05, 0.1) is 11.1 Å². The molecule has 2 N–H and O–H groups in total. The van der Waals surface area contributed by atoms with Gasteiger partial charge < -0.3 is 10.6 Å². The zero-order valence-electron chi connectivity index (χ0n) is 19.9. The SMILES string of the molecule is Cc1ccc(NC(=O)c2c(NC(=O)c3cccnc3)sc3c2CC[C@@H](C(C)(C)C)C3)c(C)c1. The number of hydrogen-bond donors (Lipinski definition) is 2. The number of aryl methyl sites for hydroxylation is 2. The highest BCUT2D eigenvalue weighted by molar-refractivity contribution is 7.17. The Kier molecular flexibility index (Phi) is 6.39. The van der Waals surface area contributed by atoms with Crippen molar-refractivity contribution >= 4 is 33.8 Å². The summed E-state index contributed by atoms with van der Waals surface area (Å²) in [6, 6.07) is 9.43. The smallest absolute Gasteiger partial charge is 0.258 e. The minimum absolute atomic E-state index is 0.171. The Morgan fingerprint density at radius 3 is 2.55 bits per heavy atom. The number of rotatable bonds is 4. The molecule has 1 aromatic carbocycles. The van der Waals surface area contributed by atoms with E-state index in [1.165, 1.54) is 22.4 Å². The fourth-order valence-corrected chi connectivity index (χ4v) is 5.78. The molecule has 0 radical (unpaired) electrons. The molecular formula is C27H31N3O2S. The third kappa shape index (κ3) is 5.01. The fourth-order valence-electron chi connectivity index (χ4n) is 4.46. The number of carbonyl (C=O) groups excluding carboxylic acids is 2. The number of carbonyl (C=O) groups is 2. The average Bonchev–Trinajstić information content (AvgIpc) is 3.12. The molecule has 0 spiro atoms. The minimum Gasteiger partial charge on any atom is -0.322 e. The van der Waals surface area contributed by atoms with Gasteiger partial charge in [0.1, 0.15) is 5.00 Å². The number of nitrogens with zero attached hydrogens (tertiary/aromatic N) is 1. The van der Waals surface area contributed by atoms with Crippen LogP contribution in [0.4, 0.5) is 10.7 Å². The molecule has 0 saturated heterocycles. The van der Waals surface area contributed by atoms with Gasteiger partial charge in [0.2, 0.25) is 0 Å². The molecule has 0 unspecified atom stereocenters. The monoisotopic (exact) mass is 461 g/mol. The van der Waals surface area contributed by atoms with Crippen LogP contribution < -0.4 is 10.6 Å². The van der Waals surface area contributed by atoms with E-state index < -0.39 is 0 Å². The summed E-state index contributed by atoms with van der Waals surface area (Å²) in [5.41, 5.74) is 5.29. The average molecular weight is 462 g/mol. The number of amides is 2. The number of hydrogen-bond acceptors (Lipinski definition) is 4. The lowest BCUT2D eigenvalue weighted by molar-refractivity contribution is 0.102. The van der Waals surface area contributed by atoms with Crippen molar-refractivity contribution in [2.75, 3.05) is 10.6 Å². The van der Waals surface area contributed by atoms with Gasteiger partial charge in [0.15, 0.2) is 0 Å². The van der Waals surface area contributed by atoms with E-state index >= 15 is 0 Å². The summed E-state index contributed by atoms with van der Waals surface area (Å²) in [4.78, 5) is 31.7. The van der Waals surface area contributed by atoms with Crippen molar-refractivity contribution in [3.05, 3.63) is 75.4 Å². The summed E-state index contributed by atoms with van der Waals surface area (Å²) in [7, 11) is 0. The van der Waals surface area contributed by atoms with Gasteiger partial charge in [0, 0.05) is 23.0 Å². The first-order valence-corrected chi connectivity index (χ1v) is 12.2. The molecule has 2 heterocycles. The van der Waals surface area contributed by atoms with Crippen LogP contribution in [-0.4, -0.2) is 16.8 Å². The third-order valence-corrected chi connectivity index (χ3v) is 7.67. The number of nitrogens with one attached hydrogen (secondary N) is 2. The van der Waals surface area contributed by atoms with E-state index in [1.54, 1.807) is 18.3 Å². The molecule has 0 fully saturated rings. The molecular weight excluding hydrogens is 430 g/mol. The lowest BCUT2D eigenvalue weighted by atomic mass is 9.72. The molecule has 2 amide bonds. The Morgan fingerprint density at radius 2 is 1.88 bits per heavy atom. The molecule has 1 atom stereocenters. The Morgan fingerprint density at radius 1 is 1.09 bits per heavy atom. The van der Waals surface area contributed by atoms with Gasteiger partial charge in [0.25, 0.3) is 11.8 Å². The van der Waals surface area contributed by atoms with Crippen LogP contribution in [0.25, 0.3) is 0 Å². The number of benzene rings is 1. The predicted octanol–water partition coefficient (Wildman–Crippen LogP) is 6.42. The van der Waals surface area contributed by atoms with Gasteiger partial charge in [-0.05, 0) is 73.8 Å². The van der Waals surface area contributed by atoms with E-state index in [2.05, 4.69) is 42.5 Å². The Hall–Kier alpha value is -2.99. The largest absolute Gasteiger partial charge is 0.322 e. The molecule has 1 aliphatic carbocycles. The van der Waals surface area contributed by atoms with Gasteiger partial charge in [-0.2, -0.15) is 0 Å². The lowest BCUT2D eigenvalue weighted by Gasteiger charge is -2.33. The summed E-state index contributed by atoms with van der Waals surface area (Å²) in [5, 5.41) is 6.71. The maximum atomic E-state index is 13.5. The van der Waals surface area contributed by atoms with Crippen LogP contribution in [0.5, 0.6) is 0 Å².